The van der Waals surface area contributed by atoms with E-state index in [1.807, 2.05) is 13.8 Å². The number of hydrogen-bond acceptors (Lipinski definition) is 15. The van der Waals surface area contributed by atoms with Crippen LogP contribution in [0.5, 0.6) is 0 Å². The fraction of sp³-hybridized carbons (Fsp3) is 0.756. The summed E-state index contributed by atoms with van der Waals surface area (Å²) in [5, 5.41) is 39.3. The van der Waals surface area contributed by atoms with E-state index < -0.39 is 118 Å². The lowest BCUT2D eigenvalue weighted by Gasteiger charge is -2.67. The molecule has 1 aliphatic heterocycles. The van der Waals surface area contributed by atoms with Gasteiger partial charge in [-0.3, -0.25) is 14.4 Å². The Labute approximate surface area is 334 Å². The predicted octanol–water partition coefficient (Wildman–Crippen LogP) is 3.16. The summed E-state index contributed by atoms with van der Waals surface area (Å²) in [5.74, 6) is -6.26. The zero-order chi connectivity index (χ0) is 43.4. The number of aliphatic hydroxyl groups is 3. The van der Waals surface area contributed by atoms with Crippen LogP contribution in [-0.2, 0) is 52.4 Å². The van der Waals surface area contributed by atoms with Crippen LogP contribution in [0, 0.1) is 22.7 Å². The molecule has 16 nitrogen and oxygen atoms in total. The van der Waals surface area contributed by atoms with Crippen LogP contribution in [-0.4, -0.2) is 117 Å². The average molecular weight is 808 g/mol. The molecule has 0 aromatic carbocycles. The van der Waals surface area contributed by atoms with E-state index >= 15 is 4.79 Å². The normalized spacial score (nSPS) is 34.1. The fourth-order valence-electron chi connectivity index (χ4n) is 9.26. The molecule has 0 radical (unpaired) electrons. The Hall–Kier alpha value is -3.86. The topological polar surface area (TPSA) is 231 Å². The molecule has 1 saturated heterocycles. The van der Waals surface area contributed by atoms with Crippen molar-refractivity contribution in [2.24, 2.45) is 22.7 Å². The number of esters is 4. The number of allylic oxidation sites excluding steroid dienone is 1. The molecule has 3 aliphatic carbocycles. The number of ether oxygens (including phenoxy) is 6. The number of ketones is 1. The van der Waals surface area contributed by atoms with Crippen LogP contribution >= 0.6 is 0 Å². The number of alkyl carbamates (subject to hydrolysis) is 1. The minimum Gasteiger partial charge on any atom is -0.456 e. The first-order valence-electron chi connectivity index (χ1n) is 19.4. The van der Waals surface area contributed by atoms with Crippen LogP contribution in [0.2, 0.25) is 0 Å². The quantitative estimate of drug-likeness (QED) is 0.108. The maximum Gasteiger partial charge on any atom is 0.407 e. The minimum absolute atomic E-state index is 0.0120. The van der Waals surface area contributed by atoms with Gasteiger partial charge in [0.1, 0.15) is 29.5 Å². The van der Waals surface area contributed by atoms with Gasteiger partial charge >= 0.3 is 30.0 Å². The van der Waals surface area contributed by atoms with Crippen molar-refractivity contribution in [1.29, 1.82) is 0 Å². The average Bonchev–Trinajstić information content (AvgIpc) is 3.03. The molecule has 1 heterocycles. The van der Waals surface area contributed by atoms with Crippen LogP contribution in [0.15, 0.2) is 22.8 Å². The second-order valence-electron chi connectivity index (χ2n) is 18.4. The molecule has 2 bridgehead atoms. The third kappa shape index (κ3) is 8.51. The van der Waals surface area contributed by atoms with E-state index in [1.54, 1.807) is 48.5 Å². The van der Waals surface area contributed by atoms with Gasteiger partial charge in [0.25, 0.3) is 0 Å². The number of carbonyl (C=O) groups excluding carboxylic acids is 6. The molecule has 11 atom stereocenters. The van der Waals surface area contributed by atoms with Crippen LogP contribution in [0.3, 0.4) is 0 Å². The van der Waals surface area contributed by atoms with Gasteiger partial charge in [0.2, 0.25) is 0 Å². The highest BCUT2D eigenvalue weighted by atomic mass is 16.6. The summed E-state index contributed by atoms with van der Waals surface area (Å²) in [6.07, 6.45) is -9.78. The van der Waals surface area contributed by atoms with Gasteiger partial charge in [-0.25, -0.2) is 14.4 Å². The Balaban J connectivity index is 1.97. The first-order chi connectivity index (χ1) is 26.0. The first kappa shape index (κ1) is 45.8. The van der Waals surface area contributed by atoms with E-state index in [1.165, 1.54) is 19.9 Å². The largest absolute Gasteiger partial charge is 0.456 e. The van der Waals surface area contributed by atoms with Gasteiger partial charge < -0.3 is 49.1 Å². The van der Waals surface area contributed by atoms with E-state index in [0.29, 0.717) is 5.57 Å². The van der Waals surface area contributed by atoms with Crippen molar-refractivity contribution in [3.05, 3.63) is 22.8 Å². The molecule has 4 rings (SSSR count). The van der Waals surface area contributed by atoms with E-state index in [2.05, 4.69) is 5.32 Å². The SMILES string of the molecule is CC(=O)O[C@H]1C(=O)[C@@]2(C)C([C@H](OC(=O)C=C(C)C)[C@]3(O)C[C@H](OC(=O)[C@H](O)[C@H](CC(C)C)NC(=O)OC(C)(C)C)C(C)=C1C3(C)C)[C@]1(OC(C)=O)CO[C@@H]1C[C@@H]2O. The minimum atomic E-state index is -2.34. The zero-order valence-electron chi connectivity index (χ0n) is 35.3. The number of nitrogens with one attached hydrogen (secondary N) is 1. The molecular weight excluding hydrogens is 746 g/mol. The van der Waals surface area contributed by atoms with Gasteiger partial charge in [0.15, 0.2) is 23.6 Å². The van der Waals surface area contributed by atoms with Gasteiger partial charge in [0.05, 0.1) is 30.1 Å². The molecule has 16 heteroatoms. The highest BCUT2D eigenvalue weighted by molar-refractivity contribution is 5.95. The van der Waals surface area contributed by atoms with E-state index in [4.69, 9.17) is 28.4 Å². The van der Waals surface area contributed by atoms with E-state index in [-0.39, 0.29) is 36.5 Å². The van der Waals surface area contributed by atoms with Gasteiger partial charge in [-0.15, -0.1) is 0 Å². The first-order valence-corrected chi connectivity index (χ1v) is 19.4. The lowest BCUT2D eigenvalue weighted by Crippen LogP contribution is -2.82. The molecular formula is C41H61NO15. The molecule has 4 aliphatic rings. The second-order valence-corrected chi connectivity index (χ2v) is 18.4. The summed E-state index contributed by atoms with van der Waals surface area (Å²) in [4.78, 5) is 81.5. The summed E-state index contributed by atoms with van der Waals surface area (Å²) in [5.41, 5.74) is -7.87. The number of amides is 1. The Morgan fingerprint density at radius 2 is 1.61 bits per heavy atom. The summed E-state index contributed by atoms with van der Waals surface area (Å²) < 4.78 is 35.2. The lowest BCUT2D eigenvalue weighted by molar-refractivity contribution is -0.347. The monoisotopic (exact) mass is 807 g/mol. The van der Waals surface area contributed by atoms with Gasteiger partial charge in [0, 0.05) is 38.2 Å². The Bertz CT molecular complexity index is 1700. The third-order valence-electron chi connectivity index (χ3n) is 11.9. The van der Waals surface area contributed by atoms with Crippen molar-refractivity contribution in [1.82, 2.24) is 5.32 Å². The molecule has 1 amide bonds. The molecule has 0 spiro atoms. The maximum absolute atomic E-state index is 15.3. The van der Waals surface area contributed by atoms with Gasteiger partial charge in [-0.05, 0) is 72.0 Å². The molecule has 3 fully saturated rings. The number of fused-ring (bicyclic) bond motifs is 5. The standard InChI is InChI=1S/C41H61NO15/c1-19(2)14-24(42-36(50)57-37(8,9)10)30(47)35(49)54-25-17-41(51)34(55-28(46)15-20(3)4)32-39(13,26(45)16-27-40(32,18-52-27)56-23(7)44)33(48)31(53-22(6)43)29(21(25)5)38(41,11)12/h15,19,24-27,30-32,34,45,47,51H,14,16-18H2,1-13H3,(H,42,50)/t24-,25-,26-,27+,30+,31+,32?,34-,39+,40-,41+/m0/s1. The van der Waals surface area contributed by atoms with Crippen molar-refractivity contribution in [3.8, 4) is 0 Å². The van der Waals surface area contributed by atoms with Crippen molar-refractivity contribution in [2.75, 3.05) is 6.61 Å². The summed E-state index contributed by atoms with van der Waals surface area (Å²) in [6, 6.07) is -1.18. The highest BCUT2D eigenvalue weighted by Gasteiger charge is 2.78. The molecule has 0 aromatic rings. The van der Waals surface area contributed by atoms with Crippen molar-refractivity contribution < 1.29 is 72.5 Å². The summed E-state index contributed by atoms with van der Waals surface area (Å²) in [6.45, 7) is 19.9. The number of rotatable bonds is 10. The molecule has 57 heavy (non-hydrogen) atoms. The molecule has 320 valence electrons. The summed E-state index contributed by atoms with van der Waals surface area (Å²) in [7, 11) is 0. The molecule has 4 N–H and O–H groups in total. The van der Waals surface area contributed by atoms with Crippen molar-refractivity contribution >= 4 is 35.8 Å². The van der Waals surface area contributed by atoms with E-state index in [9.17, 15) is 39.3 Å². The van der Waals surface area contributed by atoms with Crippen LogP contribution in [0.4, 0.5) is 4.79 Å². The smallest absolute Gasteiger partial charge is 0.407 e. The fourth-order valence-corrected chi connectivity index (χ4v) is 9.26. The number of carbonyl (C=O) groups is 6. The van der Waals surface area contributed by atoms with Crippen molar-refractivity contribution in [2.45, 2.75) is 169 Å². The van der Waals surface area contributed by atoms with Gasteiger partial charge in [-0.1, -0.05) is 33.3 Å². The van der Waals surface area contributed by atoms with Crippen LogP contribution in [0.1, 0.15) is 109 Å². The van der Waals surface area contributed by atoms with Crippen LogP contribution < -0.4 is 5.32 Å². The van der Waals surface area contributed by atoms with E-state index in [0.717, 1.165) is 13.8 Å². The lowest BCUT2D eigenvalue weighted by atomic mass is 9.44. The number of aliphatic hydroxyl groups excluding tert-OH is 2. The number of hydrogen-bond donors (Lipinski definition) is 4. The predicted molar refractivity (Wildman–Crippen MR) is 201 cm³/mol. The Morgan fingerprint density at radius 1 is 1.00 bits per heavy atom. The molecule has 1 unspecified atom stereocenters. The van der Waals surface area contributed by atoms with Crippen LogP contribution in [0.25, 0.3) is 0 Å². The van der Waals surface area contributed by atoms with Crippen molar-refractivity contribution in [3.63, 3.8) is 0 Å². The summed E-state index contributed by atoms with van der Waals surface area (Å²) >= 11 is 0. The third-order valence-corrected chi connectivity index (χ3v) is 11.9. The number of Topliss-reactive ketones (excluding diaryl/α,β-unsaturated/α-hetero) is 1. The molecule has 0 aromatic heterocycles. The Morgan fingerprint density at radius 3 is 2.11 bits per heavy atom. The Kier molecular flexibility index (Phi) is 12.9. The second kappa shape index (κ2) is 16.1. The zero-order valence-corrected chi connectivity index (χ0v) is 35.3. The maximum atomic E-state index is 15.3. The highest BCUT2D eigenvalue weighted by Crippen LogP contribution is 2.64. The van der Waals surface area contributed by atoms with Gasteiger partial charge in [-0.2, -0.15) is 0 Å². The molecule has 2 saturated carbocycles.